The number of rotatable bonds is 5. The number of furan rings is 1. The molecule has 0 bridgehead atoms. The van der Waals surface area contributed by atoms with Crippen LogP contribution in [-0.4, -0.2) is 23.8 Å². The molecule has 0 amide bonds. The fraction of sp³-hybridized carbons (Fsp3) is 0.556. The van der Waals surface area contributed by atoms with Gasteiger partial charge in [-0.25, -0.2) is 0 Å². The summed E-state index contributed by atoms with van der Waals surface area (Å²) in [6.07, 6.45) is -5.63. The predicted molar refractivity (Wildman–Crippen MR) is 45.3 cm³/mol. The Morgan fingerprint density at radius 3 is 2.18 bits per heavy atom. The van der Waals surface area contributed by atoms with E-state index in [0.717, 1.165) is 0 Å². The molecule has 0 saturated carbocycles. The monoisotopic (exact) mass is 260 g/mol. The lowest BCUT2D eigenvalue weighted by Gasteiger charge is -2.18. The number of alkyl halides is 5. The summed E-state index contributed by atoms with van der Waals surface area (Å²) in [5.41, 5.74) is 0. The van der Waals surface area contributed by atoms with Gasteiger partial charge in [-0.1, -0.05) is 0 Å². The first-order chi connectivity index (χ1) is 7.76. The highest BCUT2D eigenvalue weighted by molar-refractivity contribution is 5.05. The summed E-state index contributed by atoms with van der Waals surface area (Å²) in [7, 11) is 0. The molecule has 1 aromatic rings. The first kappa shape index (κ1) is 13.9. The van der Waals surface area contributed by atoms with E-state index in [1.54, 1.807) is 0 Å². The van der Waals surface area contributed by atoms with Gasteiger partial charge in [-0.3, -0.25) is 0 Å². The molecule has 17 heavy (non-hydrogen) atoms. The van der Waals surface area contributed by atoms with Crippen molar-refractivity contribution in [3.63, 3.8) is 0 Å². The Balaban J connectivity index is 2.42. The molecule has 98 valence electrons. The highest BCUT2D eigenvalue weighted by atomic mass is 19.4. The first-order valence-electron chi connectivity index (χ1n) is 4.47. The van der Waals surface area contributed by atoms with Gasteiger partial charge < -0.3 is 14.3 Å². The number of ether oxygens (including phenoxy) is 1. The van der Waals surface area contributed by atoms with Crippen molar-refractivity contribution < 1.29 is 36.2 Å². The molecule has 1 aromatic heterocycles. The van der Waals surface area contributed by atoms with Crippen LogP contribution in [0, 0.1) is 0 Å². The van der Waals surface area contributed by atoms with E-state index < -0.39 is 31.9 Å². The molecular formula is C9H9F5O3. The van der Waals surface area contributed by atoms with Crippen molar-refractivity contribution in [3.8, 4) is 0 Å². The minimum Gasteiger partial charge on any atom is -0.461 e. The molecule has 1 rings (SSSR count). The predicted octanol–water partition coefficient (Wildman–Crippen LogP) is 2.49. The number of halogens is 5. The maximum Gasteiger partial charge on any atom is 0.455 e. The summed E-state index contributed by atoms with van der Waals surface area (Å²) in [4.78, 5) is 0. The molecule has 0 fully saturated rings. The van der Waals surface area contributed by atoms with Crippen LogP contribution < -0.4 is 0 Å². The van der Waals surface area contributed by atoms with E-state index >= 15 is 0 Å². The first-order valence-corrected chi connectivity index (χ1v) is 4.47. The summed E-state index contributed by atoms with van der Waals surface area (Å²) < 4.78 is 69.0. The van der Waals surface area contributed by atoms with Gasteiger partial charge in [0.2, 0.25) is 0 Å². The molecule has 1 N–H and O–H groups in total. The summed E-state index contributed by atoms with van der Waals surface area (Å²) >= 11 is 0. The largest absolute Gasteiger partial charge is 0.461 e. The average molecular weight is 260 g/mol. The van der Waals surface area contributed by atoms with Gasteiger partial charge in [-0.15, -0.1) is 0 Å². The molecule has 0 radical (unpaired) electrons. The van der Waals surface area contributed by atoms with Crippen molar-refractivity contribution in [1.29, 1.82) is 0 Å². The molecule has 0 saturated heterocycles. The minimum absolute atomic E-state index is 0.0621. The Bertz CT molecular complexity index is 358. The molecule has 1 heterocycles. The van der Waals surface area contributed by atoms with Gasteiger partial charge in [-0.2, -0.15) is 22.0 Å². The van der Waals surface area contributed by atoms with E-state index in [2.05, 4.69) is 4.74 Å². The molecule has 0 atom stereocenters. The second-order valence-corrected chi connectivity index (χ2v) is 3.22. The van der Waals surface area contributed by atoms with E-state index in [1.165, 1.54) is 12.1 Å². The van der Waals surface area contributed by atoms with Crippen LogP contribution in [0.3, 0.4) is 0 Å². The Hall–Kier alpha value is -1.15. The van der Waals surface area contributed by atoms with E-state index in [0.29, 0.717) is 0 Å². The fourth-order valence-corrected chi connectivity index (χ4v) is 0.947. The molecule has 0 aliphatic heterocycles. The van der Waals surface area contributed by atoms with Crippen LogP contribution in [0.2, 0.25) is 0 Å². The van der Waals surface area contributed by atoms with Crippen molar-refractivity contribution in [1.82, 2.24) is 0 Å². The van der Waals surface area contributed by atoms with Crippen molar-refractivity contribution in [3.05, 3.63) is 23.7 Å². The van der Waals surface area contributed by atoms with E-state index in [1.807, 2.05) is 0 Å². The quantitative estimate of drug-likeness (QED) is 0.827. The zero-order chi connectivity index (χ0) is 13.1. The Morgan fingerprint density at radius 1 is 1.12 bits per heavy atom. The molecular weight excluding hydrogens is 251 g/mol. The summed E-state index contributed by atoms with van der Waals surface area (Å²) in [6.45, 7) is -2.68. The van der Waals surface area contributed by atoms with Crippen molar-refractivity contribution in [2.24, 2.45) is 0 Å². The molecule has 8 heteroatoms. The number of hydrogen-bond acceptors (Lipinski definition) is 3. The standard InChI is InChI=1S/C9H9F5O3/c10-8(11,9(12,13)14)5-16-4-7-2-1-6(3-15)17-7/h1-2,15H,3-5H2. The summed E-state index contributed by atoms with van der Waals surface area (Å²) in [5, 5.41) is 8.61. The van der Waals surface area contributed by atoms with Crippen LogP contribution in [0.25, 0.3) is 0 Å². The van der Waals surface area contributed by atoms with Gasteiger partial charge in [0.25, 0.3) is 0 Å². The lowest BCUT2D eigenvalue weighted by atomic mass is 10.3. The summed E-state index contributed by atoms with van der Waals surface area (Å²) in [6, 6.07) is 2.68. The van der Waals surface area contributed by atoms with E-state index in [4.69, 9.17) is 9.52 Å². The number of aliphatic hydroxyl groups is 1. The maximum atomic E-state index is 12.4. The zero-order valence-electron chi connectivity index (χ0n) is 8.43. The van der Waals surface area contributed by atoms with Crippen LogP contribution in [0.4, 0.5) is 22.0 Å². The van der Waals surface area contributed by atoms with Gasteiger partial charge in [0, 0.05) is 0 Å². The van der Waals surface area contributed by atoms with Crippen molar-refractivity contribution >= 4 is 0 Å². The SMILES string of the molecule is OCc1ccc(COCC(F)(F)C(F)(F)F)o1. The third-order valence-corrected chi connectivity index (χ3v) is 1.82. The third-order valence-electron chi connectivity index (χ3n) is 1.82. The number of aliphatic hydroxyl groups excluding tert-OH is 1. The van der Waals surface area contributed by atoms with Gasteiger partial charge in [0.15, 0.2) is 0 Å². The van der Waals surface area contributed by atoms with Crippen LogP contribution in [0.5, 0.6) is 0 Å². The summed E-state index contributed by atoms with van der Waals surface area (Å²) in [5.74, 6) is -4.66. The van der Waals surface area contributed by atoms with E-state index in [9.17, 15) is 22.0 Å². The topological polar surface area (TPSA) is 42.6 Å². The molecule has 0 aromatic carbocycles. The lowest BCUT2D eigenvalue weighted by molar-refractivity contribution is -0.297. The number of hydrogen-bond donors (Lipinski definition) is 1. The second-order valence-electron chi connectivity index (χ2n) is 3.22. The Morgan fingerprint density at radius 2 is 1.71 bits per heavy atom. The zero-order valence-corrected chi connectivity index (χ0v) is 8.43. The fourth-order valence-electron chi connectivity index (χ4n) is 0.947. The van der Waals surface area contributed by atoms with Crippen LogP contribution in [-0.2, 0) is 18.0 Å². The van der Waals surface area contributed by atoms with Gasteiger partial charge in [0.05, 0.1) is 0 Å². The highest BCUT2D eigenvalue weighted by Gasteiger charge is 2.57. The van der Waals surface area contributed by atoms with Gasteiger partial charge >= 0.3 is 12.1 Å². The molecule has 0 aliphatic rings. The smallest absolute Gasteiger partial charge is 0.455 e. The van der Waals surface area contributed by atoms with Gasteiger partial charge in [0.1, 0.15) is 31.3 Å². The second kappa shape index (κ2) is 5.01. The van der Waals surface area contributed by atoms with E-state index in [-0.39, 0.29) is 11.5 Å². The van der Waals surface area contributed by atoms with Crippen LogP contribution in [0.1, 0.15) is 11.5 Å². The van der Waals surface area contributed by atoms with Crippen LogP contribution >= 0.6 is 0 Å². The molecule has 0 unspecified atom stereocenters. The Kier molecular flexibility index (Phi) is 4.10. The Labute approximate surface area is 92.8 Å². The van der Waals surface area contributed by atoms with Crippen molar-refractivity contribution in [2.45, 2.75) is 25.3 Å². The molecule has 0 aliphatic carbocycles. The minimum atomic E-state index is -5.63. The van der Waals surface area contributed by atoms with Gasteiger partial charge in [-0.05, 0) is 12.1 Å². The average Bonchev–Trinajstić information content (AvgIpc) is 2.63. The van der Waals surface area contributed by atoms with Crippen LogP contribution in [0.15, 0.2) is 16.5 Å². The lowest BCUT2D eigenvalue weighted by Crippen LogP contribution is -2.40. The van der Waals surface area contributed by atoms with Crippen molar-refractivity contribution in [2.75, 3.05) is 6.61 Å². The third kappa shape index (κ3) is 3.67. The molecule has 3 nitrogen and oxygen atoms in total. The normalized spacial score (nSPS) is 13.1. The molecule has 0 spiro atoms. The maximum absolute atomic E-state index is 12.4. The highest BCUT2D eigenvalue weighted by Crippen LogP contribution is 2.35.